The van der Waals surface area contributed by atoms with Crippen LogP contribution < -0.4 is 5.32 Å². The Kier molecular flexibility index (Phi) is 5.75. The minimum atomic E-state index is 0.603. The molecule has 0 bridgehead atoms. The third-order valence-electron chi connectivity index (χ3n) is 3.34. The lowest BCUT2D eigenvalue weighted by atomic mass is 10.1. The van der Waals surface area contributed by atoms with Gasteiger partial charge in [-0.05, 0) is 33.2 Å². The van der Waals surface area contributed by atoms with Crippen molar-refractivity contribution in [3.05, 3.63) is 0 Å². The Morgan fingerprint density at radius 1 is 1.47 bits per heavy atom. The summed E-state index contributed by atoms with van der Waals surface area (Å²) >= 11 is 0. The number of rotatable bonds is 4. The number of terminal acetylenes is 1. The smallest absolute Gasteiger partial charge is 0.0574 e. The molecule has 1 aliphatic heterocycles. The molecular weight excluding hydrogens is 184 g/mol. The normalized spacial score (nSPS) is 25.5. The van der Waals surface area contributed by atoms with Crippen molar-refractivity contribution in [2.45, 2.75) is 51.6 Å². The van der Waals surface area contributed by atoms with Gasteiger partial charge in [0, 0.05) is 18.6 Å². The summed E-state index contributed by atoms with van der Waals surface area (Å²) in [5.74, 6) is 2.62. The molecule has 15 heavy (non-hydrogen) atoms. The average molecular weight is 208 g/mol. The number of nitrogens with zero attached hydrogens (tertiary/aromatic N) is 1. The van der Waals surface area contributed by atoms with Crippen molar-refractivity contribution >= 4 is 0 Å². The Morgan fingerprint density at radius 3 is 3.00 bits per heavy atom. The van der Waals surface area contributed by atoms with E-state index in [2.05, 4.69) is 30.0 Å². The predicted molar refractivity (Wildman–Crippen MR) is 65.8 cm³/mol. The largest absolute Gasteiger partial charge is 0.305 e. The fourth-order valence-electron chi connectivity index (χ4n) is 2.42. The van der Waals surface area contributed by atoms with Crippen molar-refractivity contribution in [3.63, 3.8) is 0 Å². The van der Waals surface area contributed by atoms with Crippen LogP contribution in [0, 0.1) is 12.3 Å². The van der Waals surface area contributed by atoms with Gasteiger partial charge in [-0.2, -0.15) is 0 Å². The van der Waals surface area contributed by atoms with Gasteiger partial charge in [0.15, 0.2) is 0 Å². The van der Waals surface area contributed by atoms with E-state index in [4.69, 9.17) is 6.42 Å². The summed E-state index contributed by atoms with van der Waals surface area (Å²) in [7, 11) is 0. The molecule has 0 aliphatic carbocycles. The molecule has 0 aromatic rings. The topological polar surface area (TPSA) is 15.3 Å². The Morgan fingerprint density at radius 2 is 2.27 bits per heavy atom. The second kappa shape index (κ2) is 6.87. The number of nitrogens with one attached hydrogen (secondary N) is 1. The standard InChI is InChI=1S/C13H24N2/c1-4-9-14-11-13(3)15-10-7-5-6-8-12(15)2/h1,12-14H,5-11H2,2-3H3. The van der Waals surface area contributed by atoms with Crippen molar-refractivity contribution in [1.29, 1.82) is 0 Å². The second-order valence-electron chi connectivity index (χ2n) is 4.62. The van der Waals surface area contributed by atoms with Crippen LogP contribution in [0.2, 0.25) is 0 Å². The number of likely N-dealkylation sites (tertiary alicyclic amines) is 1. The molecule has 1 fully saturated rings. The first-order valence-electron chi connectivity index (χ1n) is 6.15. The van der Waals surface area contributed by atoms with Gasteiger partial charge in [0.25, 0.3) is 0 Å². The van der Waals surface area contributed by atoms with Crippen LogP contribution in [0.4, 0.5) is 0 Å². The highest BCUT2D eigenvalue weighted by Gasteiger charge is 2.21. The van der Waals surface area contributed by atoms with Crippen LogP contribution in [-0.4, -0.2) is 36.6 Å². The van der Waals surface area contributed by atoms with E-state index in [0.29, 0.717) is 12.6 Å². The van der Waals surface area contributed by atoms with Gasteiger partial charge >= 0.3 is 0 Å². The lowest BCUT2D eigenvalue weighted by Crippen LogP contribution is -2.45. The zero-order chi connectivity index (χ0) is 11.1. The van der Waals surface area contributed by atoms with Crippen molar-refractivity contribution < 1.29 is 0 Å². The van der Waals surface area contributed by atoms with E-state index < -0.39 is 0 Å². The maximum atomic E-state index is 5.22. The molecule has 0 spiro atoms. The molecule has 1 N–H and O–H groups in total. The molecule has 1 rings (SSSR count). The van der Waals surface area contributed by atoms with E-state index in [-0.39, 0.29) is 0 Å². The first-order chi connectivity index (χ1) is 7.25. The maximum absolute atomic E-state index is 5.22. The van der Waals surface area contributed by atoms with E-state index in [1.807, 2.05) is 0 Å². The van der Waals surface area contributed by atoms with Crippen LogP contribution in [0.25, 0.3) is 0 Å². The van der Waals surface area contributed by atoms with Crippen molar-refractivity contribution in [1.82, 2.24) is 10.2 Å². The van der Waals surface area contributed by atoms with Crippen molar-refractivity contribution in [2.75, 3.05) is 19.6 Å². The van der Waals surface area contributed by atoms with Gasteiger partial charge in [0.1, 0.15) is 0 Å². The monoisotopic (exact) mass is 208 g/mol. The third kappa shape index (κ3) is 4.24. The Bertz CT molecular complexity index is 207. The van der Waals surface area contributed by atoms with E-state index in [9.17, 15) is 0 Å². The summed E-state index contributed by atoms with van der Waals surface area (Å²) in [6.45, 7) is 7.59. The van der Waals surface area contributed by atoms with Crippen molar-refractivity contribution in [2.24, 2.45) is 0 Å². The molecule has 2 unspecified atom stereocenters. The molecule has 2 nitrogen and oxygen atoms in total. The number of hydrogen-bond donors (Lipinski definition) is 1. The first kappa shape index (κ1) is 12.5. The van der Waals surface area contributed by atoms with Gasteiger partial charge in [-0.3, -0.25) is 4.90 Å². The maximum Gasteiger partial charge on any atom is 0.0574 e. The lowest BCUT2D eigenvalue weighted by molar-refractivity contribution is 0.155. The third-order valence-corrected chi connectivity index (χ3v) is 3.34. The average Bonchev–Trinajstić information content (AvgIpc) is 2.43. The minimum Gasteiger partial charge on any atom is -0.305 e. The van der Waals surface area contributed by atoms with E-state index in [1.54, 1.807) is 0 Å². The van der Waals surface area contributed by atoms with Gasteiger partial charge in [-0.1, -0.05) is 18.8 Å². The fourth-order valence-corrected chi connectivity index (χ4v) is 2.42. The van der Waals surface area contributed by atoms with Gasteiger partial charge in [-0.25, -0.2) is 0 Å². The van der Waals surface area contributed by atoms with Crippen LogP contribution in [-0.2, 0) is 0 Å². The summed E-state index contributed by atoms with van der Waals surface area (Å²) in [4.78, 5) is 2.62. The molecule has 0 amide bonds. The Balaban J connectivity index is 2.34. The molecule has 2 atom stereocenters. The molecule has 0 saturated carbocycles. The summed E-state index contributed by atoms with van der Waals surface area (Å²) in [5, 5.41) is 3.30. The van der Waals surface area contributed by atoms with E-state index in [0.717, 1.165) is 12.6 Å². The molecule has 0 aromatic heterocycles. The molecule has 1 saturated heterocycles. The second-order valence-corrected chi connectivity index (χ2v) is 4.62. The molecule has 0 aromatic carbocycles. The zero-order valence-electron chi connectivity index (χ0n) is 10.1. The highest BCUT2D eigenvalue weighted by Crippen LogP contribution is 2.18. The van der Waals surface area contributed by atoms with E-state index >= 15 is 0 Å². The summed E-state index contributed by atoms with van der Waals surface area (Å²) in [6, 6.07) is 1.33. The van der Waals surface area contributed by atoms with Crippen LogP contribution in [0.1, 0.15) is 39.5 Å². The molecule has 1 aliphatic rings. The van der Waals surface area contributed by atoms with Gasteiger partial charge in [0.05, 0.1) is 6.54 Å². The fraction of sp³-hybridized carbons (Fsp3) is 0.846. The molecular formula is C13H24N2. The quantitative estimate of drug-likeness (QED) is 0.560. The summed E-state index contributed by atoms with van der Waals surface area (Å²) in [6.07, 6.45) is 10.7. The zero-order valence-corrected chi connectivity index (χ0v) is 10.1. The van der Waals surface area contributed by atoms with Gasteiger partial charge < -0.3 is 5.32 Å². The Labute approximate surface area is 94.4 Å². The van der Waals surface area contributed by atoms with Gasteiger partial charge in [0.2, 0.25) is 0 Å². The first-order valence-corrected chi connectivity index (χ1v) is 6.15. The summed E-state index contributed by atoms with van der Waals surface area (Å²) in [5.41, 5.74) is 0. The van der Waals surface area contributed by atoms with Crippen LogP contribution >= 0.6 is 0 Å². The van der Waals surface area contributed by atoms with Crippen molar-refractivity contribution in [3.8, 4) is 12.3 Å². The molecule has 0 radical (unpaired) electrons. The minimum absolute atomic E-state index is 0.603. The van der Waals surface area contributed by atoms with Crippen LogP contribution in [0.5, 0.6) is 0 Å². The van der Waals surface area contributed by atoms with Crippen LogP contribution in [0.15, 0.2) is 0 Å². The van der Waals surface area contributed by atoms with Gasteiger partial charge in [-0.15, -0.1) is 6.42 Å². The Hall–Kier alpha value is -0.520. The summed E-state index contributed by atoms with van der Waals surface area (Å²) < 4.78 is 0. The highest BCUT2D eigenvalue weighted by molar-refractivity contribution is 4.87. The predicted octanol–water partition coefficient (Wildman–Crippen LogP) is 1.86. The highest BCUT2D eigenvalue weighted by atomic mass is 15.2. The van der Waals surface area contributed by atoms with Crippen LogP contribution in [0.3, 0.4) is 0 Å². The molecule has 2 heteroatoms. The lowest BCUT2D eigenvalue weighted by Gasteiger charge is -2.33. The molecule has 86 valence electrons. The SMILES string of the molecule is C#CCNCC(C)N1CCCCCC1C. The van der Waals surface area contributed by atoms with E-state index in [1.165, 1.54) is 32.2 Å². The molecule has 1 heterocycles. The number of hydrogen-bond acceptors (Lipinski definition) is 2.